The predicted molar refractivity (Wildman–Crippen MR) is 151 cm³/mol. The van der Waals surface area contributed by atoms with Crippen LogP contribution in [-0.2, 0) is 16.1 Å². The van der Waals surface area contributed by atoms with Gasteiger partial charge in [-0.15, -0.1) is 0 Å². The normalized spacial score (nSPS) is 18.9. The lowest BCUT2D eigenvalue weighted by Crippen LogP contribution is -2.59. The lowest BCUT2D eigenvalue weighted by Gasteiger charge is -2.44. The molecule has 11 heteroatoms. The summed E-state index contributed by atoms with van der Waals surface area (Å²) >= 11 is 12.1. The molecule has 0 saturated carbocycles. The largest absolute Gasteiger partial charge is 0.454 e. The van der Waals surface area contributed by atoms with Gasteiger partial charge in [0.1, 0.15) is 11.8 Å². The van der Waals surface area contributed by atoms with E-state index < -0.39 is 11.8 Å². The van der Waals surface area contributed by atoms with E-state index in [-0.39, 0.29) is 37.7 Å². The number of carbonyl (C=O) groups excluding carboxylic acids is 3. The number of piperidine rings is 1. The summed E-state index contributed by atoms with van der Waals surface area (Å²) in [6.45, 7) is 1.14. The van der Waals surface area contributed by atoms with E-state index in [2.05, 4.69) is 5.32 Å². The molecule has 3 heterocycles. The number of halogens is 2. The molecule has 0 bridgehead atoms. The van der Waals surface area contributed by atoms with Crippen LogP contribution in [-0.4, -0.2) is 65.8 Å². The Morgan fingerprint density at radius 3 is 2.37 bits per heavy atom. The molecule has 0 aliphatic carbocycles. The SMILES string of the molecule is O=C(NCc1ccc2c(c1)OCO2)[C@H]1COC2(CCN(C(=O)c3ccc(Cl)c(Cl)c3)CC2)N1C(=O)c1ccccc1. The van der Waals surface area contributed by atoms with Gasteiger partial charge < -0.3 is 24.4 Å². The van der Waals surface area contributed by atoms with E-state index in [0.717, 1.165) is 5.56 Å². The van der Waals surface area contributed by atoms with Crippen LogP contribution < -0.4 is 14.8 Å². The smallest absolute Gasteiger partial charge is 0.256 e. The minimum Gasteiger partial charge on any atom is -0.454 e. The third-order valence-electron chi connectivity index (χ3n) is 7.70. The maximum Gasteiger partial charge on any atom is 0.256 e. The Hall–Kier alpha value is -3.79. The first-order valence-electron chi connectivity index (χ1n) is 13.3. The highest BCUT2D eigenvalue weighted by Gasteiger charge is 2.54. The summed E-state index contributed by atoms with van der Waals surface area (Å²) in [7, 11) is 0. The number of hydrogen-bond donors (Lipinski definition) is 1. The van der Waals surface area contributed by atoms with Crippen molar-refractivity contribution in [2.45, 2.75) is 31.2 Å². The molecular formula is C30H27Cl2N3O6. The molecule has 9 nitrogen and oxygen atoms in total. The lowest BCUT2D eigenvalue weighted by atomic mass is 9.96. The van der Waals surface area contributed by atoms with Crippen molar-refractivity contribution in [3.8, 4) is 11.5 Å². The molecule has 3 aliphatic heterocycles. The summed E-state index contributed by atoms with van der Waals surface area (Å²) in [5.74, 6) is 0.488. The molecule has 2 saturated heterocycles. The monoisotopic (exact) mass is 595 g/mol. The molecule has 3 aromatic carbocycles. The molecule has 0 unspecified atom stereocenters. The highest BCUT2D eigenvalue weighted by atomic mass is 35.5. The number of nitrogens with zero attached hydrogens (tertiary/aromatic N) is 2. The maximum absolute atomic E-state index is 13.9. The van der Waals surface area contributed by atoms with Crippen LogP contribution in [0.2, 0.25) is 10.0 Å². The Bertz CT molecular complexity index is 1490. The molecule has 0 aromatic heterocycles. The van der Waals surface area contributed by atoms with Crippen LogP contribution in [0, 0.1) is 0 Å². The molecule has 3 amide bonds. The molecule has 1 spiro atoms. The zero-order valence-corrected chi connectivity index (χ0v) is 23.5. The highest BCUT2D eigenvalue weighted by molar-refractivity contribution is 6.42. The fourth-order valence-electron chi connectivity index (χ4n) is 5.52. The summed E-state index contributed by atoms with van der Waals surface area (Å²) in [5, 5.41) is 3.63. The summed E-state index contributed by atoms with van der Waals surface area (Å²) in [4.78, 5) is 43.8. The molecule has 0 radical (unpaired) electrons. The van der Waals surface area contributed by atoms with E-state index >= 15 is 0 Å². The third-order valence-corrected chi connectivity index (χ3v) is 8.44. The maximum atomic E-state index is 13.9. The summed E-state index contributed by atoms with van der Waals surface area (Å²) < 4.78 is 17.1. The number of nitrogens with one attached hydrogen (secondary N) is 1. The fraction of sp³-hybridized carbons (Fsp3) is 0.300. The van der Waals surface area contributed by atoms with Crippen molar-refractivity contribution in [1.82, 2.24) is 15.1 Å². The van der Waals surface area contributed by atoms with Gasteiger partial charge in [-0.05, 0) is 48.0 Å². The quantitative estimate of drug-likeness (QED) is 0.466. The zero-order valence-electron chi connectivity index (χ0n) is 22.0. The lowest BCUT2D eigenvalue weighted by molar-refractivity contribution is -0.128. The fourth-order valence-corrected chi connectivity index (χ4v) is 5.81. The van der Waals surface area contributed by atoms with E-state index in [1.54, 1.807) is 58.3 Å². The highest BCUT2D eigenvalue weighted by Crippen LogP contribution is 2.39. The third kappa shape index (κ3) is 5.32. The second-order valence-corrected chi connectivity index (χ2v) is 11.0. The second-order valence-electron chi connectivity index (χ2n) is 10.1. The Balaban J connectivity index is 1.19. The van der Waals surface area contributed by atoms with Crippen LogP contribution >= 0.6 is 23.2 Å². The summed E-state index contributed by atoms with van der Waals surface area (Å²) in [5.41, 5.74) is 0.703. The standard InChI is InChI=1S/C30H27Cl2N3O6/c31-22-8-7-21(15-23(22)32)28(37)34-12-10-30(11-13-34)35(29(38)20-4-2-1-3-5-20)24(17-41-30)27(36)33-16-19-6-9-25-26(14-19)40-18-39-25/h1-9,14-15,24H,10-13,16-18H2,(H,33,36)/t24-/m1/s1. The zero-order chi connectivity index (χ0) is 28.6. The molecule has 41 heavy (non-hydrogen) atoms. The molecular weight excluding hydrogens is 569 g/mol. The van der Waals surface area contributed by atoms with Crippen LogP contribution in [0.25, 0.3) is 0 Å². The van der Waals surface area contributed by atoms with Crippen molar-refractivity contribution in [3.63, 3.8) is 0 Å². The van der Waals surface area contributed by atoms with Gasteiger partial charge in [-0.3, -0.25) is 19.3 Å². The van der Waals surface area contributed by atoms with Gasteiger partial charge in [0.2, 0.25) is 12.7 Å². The first-order chi connectivity index (χ1) is 19.8. The number of carbonyl (C=O) groups is 3. The van der Waals surface area contributed by atoms with Gasteiger partial charge in [0.05, 0.1) is 16.7 Å². The van der Waals surface area contributed by atoms with Crippen LogP contribution in [0.15, 0.2) is 66.7 Å². The van der Waals surface area contributed by atoms with Gasteiger partial charge in [0, 0.05) is 43.6 Å². The number of fused-ring (bicyclic) bond motifs is 1. The van der Waals surface area contributed by atoms with Crippen molar-refractivity contribution >= 4 is 40.9 Å². The Morgan fingerprint density at radius 1 is 0.854 bits per heavy atom. The first kappa shape index (κ1) is 27.4. The molecule has 212 valence electrons. The van der Waals surface area contributed by atoms with Crippen molar-refractivity contribution in [1.29, 1.82) is 0 Å². The Morgan fingerprint density at radius 2 is 1.61 bits per heavy atom. The number of likely N-dealkylation sites (tertiary alicyclic amines) is 1. The van der Waals surface area contributed by atoms with E-state index in [1.165, 1.54) is 0 Å². The minimum absolute atomic E-state index is 0.0479. The van der Waals surface area contributed by atoms with Crippen LogP contribution in [0.4, 0.5) is 0 Å². The van der Waals surface area contributed by atoms with Crippen LogP contribution in [0.1, 0.15) is 39.1 Å². The topological polar surface area (TPSA) is 97.4 Å². The van der Waals surface area contributed by atoms with E-state index in [4.69, 9.17) is 37.4 Å². The molecule has 1 N–H and O–H groups in total. The molecule has 1 atom stereocenters. The number of benzene rings is 3. The Kier molecular flexibility index (Phi) is 7.50. The molecule has 3 aliphatic rings. The minimum atomic E-state index is -1.03. The van der Waals surface area contributed by atoms with Crippen LogP contribution in [0.3, 0.4) is 0 Å². The van der Waals surface area contributed by atoms with Gasteiger partial charge in [-0.2, -0.15) is 0 Å². The van der Waals surface area contributed by atoms with Gasteiger partial charge in [0.25, 0.3) is 11.8 Å². The summed E-state index contributed by atoms with van der Waals surface area (Å²) in [6, 6.07) is 18.3. The molecule has 6 rings (SSSR count). The number of rotatable bonds is 5. The van der Waals surface area contributed by atoms with Crippen molar-refractivity contribution < 1.29 is 28.6 Å². The van der Waals surface area contributed by atoms with Gasteiger partial charge in [0.15, 0.2) is 11.5 Å². The average Bonchev–Trinajstić information content (AvgIpc) is 3.62. The first-order valence-corrected chi connectivity index (χ1v) is 14.0. The Labute approximate surface area is 246 Å². The average molecular weight is 596 g/mol. The van der Waals surface area contributed by atoms with E-state index in [1.807, 2.05) is 18.2 Å². The van der Waals surface area contributed by atoms with E-state index in [9.17, 15) is 14.4 Å². The van der Waals surface area contributed by atoms with Crippen molar-refractivity contribution in [2.24, 2.45) is 0 Å². The summed E-state index contributed by atoms with van der Waals surface area (Å²) in [6.07, 6.45) is 0.704. The van der Waals surface area contributed by atoms with E-state index in [0.29, 0.717) is 58.6 Å². The van der Waals surface area contributed by atoms with Gasteiger partial charge in [-0.25, -0.2) is 0 Å². The second kappa shape index (κ2) is 11.2. The van der Waals surface area contributed by atoms with Gasteiger partial charge >= 0.3 is 0 Å². The molecule has 2 fully saturated rings. The number of ether oxygens (including phenoxy) is 3. The van der Waals surface area contributed by atoms with Crippen molar-refractivity contribution in [2.75, 3.05) is 26.5 Å². The number of hydrogen-bond acceptors (Lipinski definition) is 6. The predicted octanol–water partition coefficient (Wildman–Crippen LogP) is 4.51. The molecule has 3 aromatic rings. The number of amides is 3. The van der Waals surface area contributed by atoms with Gasteiger partial charge in [-0.1, -0.05) is 47.5 Å². The van der Waals surface area contributed by atoms with Crippen molar-refractivity contribution in [3.05, 3.63) is 93.5 Å². The van der Waals surface area contributed by atoms with Crippen LogP contribution in [0.5, 0.6) is 11.5 Å².